The Hall–Kier alpha value is -2.94. The first-order valence-electron chi connectivity index (χ1n) is 9.27. The van der Waals surface area contributed by atoms with E-state index in [1.165, 1.54) is 0 Å². The van der Waals surface area contributed by atoms with Gasteiger partial charge in [0, 0.05) is 0 Å². The van der Waals surface area contributed by atoms with Crippen LogP contribution in [0.5, 0.6) is 0 Å². The van der Waals surface area contributed by atoms with E-state index in [-0.39, 0.29) is 17.9 Å². The van der Waals surface area contributed by atoms with Crippen molar-refractivity contribution in [3.8, 4) is 0 Å². The number of rotatable bonds is 4. The fourth-order valence-electron chi connectivity index (χ4n) is 3.30. The maximum atomic E-state index is 14.0. The lowest BCUT2D eigenvalue weighted by atomic mass is 9.92. The number of hydrogen-bond acceptors (Lipinski definition) is 3. The number of halogens is 4. The number of alkyl halides is 3. The van der Waals surface area contributed by atoms with Gasteiger partial charge in [0.2, 0.25) is 11.8 Å². The molecule has 1 aliphatic heterocycles. The minimum absolute atomic E-state index is 0.105. The highest BCUT2D eigenvalue weighted by atomic mass is 19.4. The SMILES string of the molecule is CC(C)(NC(=O)C1CC(=O)NC(c2ccccc2)N1)c1ccc(C(F)(F)F)c(F)c1. The van der Waals surface area contributed by atoms with Crippen molar-refractivity contribution in [3.05, 3.63) is 71.0 Å². The Kier molecular flexibility index (Phi) is 5.85. The summed E-state index contributed by atoms with van der Waals surface area (Å²) in [5.74, 6) is -2.25. The summed E-state index contributed by atoms with van der Waals surface area (Å²) in [7, 11) is 0. The highest BCUT2D eigenvalue weighted by molar-refractivity contribution is 5.90. The predicted molar refractivity (Wildman–Crippen MR) is 101 cm³/mol. The van der Waals surface area contributed by atoms with Crippen LogP contribution in [-0.2, 0) is 21.3 Å². The minimum Gasteiger partial charge on any atom is -0.346 e. The maximum absolute atomic E-state index is 14.0. The molecule has 2 unspecified atom stereocenters. The van der Waals surface area contributed by atoms with Crippen LogP contribution < -0.4 is 16.0 Å². The van der Waals surface area contributed by atoms with Gasteiger partial charge in [0.25, 0.3) is 0 Å². The largest absolute Gasteiger partial charge is 0.419 e. The molecule has 2 aromatic rings. The van der Waals surface area contributed by atoms with E-state index in [1.807, 2.05) is 6.07 Å². The number of amides is 2. The van der Waals surface area contributed by atoms with Crippen molar-refractivity contribution in [2.24, 2.45) is 0 Å². The van der Waals surface area contributed by atoms with Crippen LogP contribution in [0.25, 0.3) is 0 Å². The summed E-state index contributed by atoms with van der Waals surface area (Å²) in [6.07, 6.45) is -5.47. The number of carbonyl (C=O) groups is 2. The van der Waals surface area contributed by atoms with Gasteiger partial charge >= 0.3 is 6.18 Å². The number of nitrogens with one attached hydrogen (secondary N) is 3. The van der Waals surface area contributed by atoms with Crippen LogP contribution in [0.2, 0.25) is 0 Å². The third-order valence-corrected chi connectivity index (χ3v) is 4.94. The van der Waals surface area contributed by atoms with Gasteiger partial charge < -0.3 is 10.6 Å². The van der Waals surface area contributed by atoms with Crippen LogP contribution in [0.1, 0.15) is 43.1 Å². The molecule has 2 amide bonds. The number of benzene rings is 2. The third kappa shape index (κ3) is 4.79. The summed E-state index contributed by atoms with van der Waals surface area (Å²) in [5, 5.41) is 8.49. The quantitative estimate of drug-likeness (QED) is 0.661. The summed E-state index contributed by atoms with van der Waals surface area (Å²) in [5.41, 5.74) is -1.60. The van der Waals surface area contributed by atoms with Crippen LogP contribution in [0.4, 0.5) is 17.6 Å². The summed E-state index contributed by atoms with van der Waals surface area (Å²) >= 11 is 0. The molecule has 0 saturated carbocycles. The average Bonchev–Trinajstić information content (AvgIpc) is 2.66. The van der Waals surface area contributed by atoms with Crippen LogP contribution in [0.15, 0.2) is 48.5 Å². The highest BCUT2D eigenvalue weighted by Crippen LogP contribution is 2.33. The molecule has 2 atom stereocenters. The molecule has 9 heteroatoms. The van der Waals surface area contributed by atoms with Gasteiger partial charge in [-0.05, 0) is 37.1 Å². The van der Waals surface area contributed by atoms with E-state index in [1.54, 1.807) is 38.1 Å². The summed E-state index contributed by atoms with van der Waals surface area (Å²) in [4.78, 5) is 24.9. The summed E-state index contributed by atoms with van der Waals surface area (Å²) in [6, 6.07) is 10.7. The second kappa shape index (κ2) is 8.06. The molecule has 0 bridgehead atoms. The first-order valence-corrected chi connectivity index (χ1v) is 9.27. The fourth-order valence-corrected chi connectivity index (χ4v) is 3.30. The lowest BCUT2D eigenvalue weighted by Crippen LogP contribution is -2.58. The molecule has 5 nitrogen and oxygen atoms in total. The molecule has 0 aromatic heterocycles. The molecular formula is C21H21F4N3O2. The van der Waals surface area contributed by atoms with E-state index in [4.69, 9.17) is 0 Å². The standard InChI is InChI=1S/C21H21F4N3O2/c1-20(2,13-8-9-14(15(22)10-13)21(23,24)25)28-19(30)16-11-17(29)27-18(26-16)12-6-4-3-5-7-12/h3-10,16,18,26H,11H2,1-2H3,(H,27,29)(H,28,30). The lowest BCUT2D eigenvalue weighted by molar-refractivity contribution is -0.140. The Bertz CT molecular complexity index is 945. The Balaban J connectivity index is 1.75. The highest BCUT2D eigenvalue weighted by Gasteiger charge is 2.37. The van der Waals surface area contributed by atoms with Gasteiger partial charge in [-0.15, -0.1) is 0 Å². The molecule has 0 radical (unpaired) electrons. The van der Waals surface area contributed by atoms with Gasteiger partial charge in [0.1, 0.15) is 12.0 Å². The van der Waals surface area contributed by atoms with Crippen molar-refractivity contribution in [1.82, 2.24) is 16.0 Å². The molecule has 3 rings (SSSR count). The minimum atomic E-state index is -4.80. The van der Waals surface area contributed by atoms with E-state index < -0.39 is 41.2 Å². The first kappa shape index (κ1) is 21.8. The Morgan fingerprint density at radius 2 is 1.77 bits per heavy atom. The van der Waals surface area contributed by atoms with Gasteiger partial charge in [0.05, 0.1) is 23.6 Å². The van der Waals surface area contributed by atoms with Gasteiger partial charge in [-0.3, -0.25) is 14.9 Å². The van der Waals surface area contributed by atoms with Crippen molar-refractivity contribution in [1.29, 1.82) is 0 Å². The van der Waals surface area contributed by atoms with E-state index in [0.717, 1.165) is 17.7 Å². The molecule has 2 aromatic carbocycles. The van der Waals surface area contributed by atoms with E-state index in [2.05, 4.69) is 16.0 Å². The number of hydrogen-bond donors (Lipinski definition) is 3. The van der Waals surface area contributed by atoms with Crippen molar-refractivity contribution in [3.63, 3.8) is 0 Å². The van der Waals surface area contributed by atoms with Crippen molar-refractivity contribution < 1.29 is 27.2 Å². The maximum Gasteiger partial charge on any atom is 0.419 e. The van der Waals surface area contributed by atoms with Crippen LogP contribution in [0.3, 0.4) is 0 Å². The molecule has 0 aliphatic carbocycles. The summed E-state index contributed by atoms with van der Waals surface area (Å²) < 4.78 is 52.3. The zero-order chi connectivity index (χ0) is 22.1. The number of carbonyl (C=O) groups excluding carboxylic acids is 2. The molecular weight excluding hydrogens is 402 g/mol. The molecule has 3 N–H and O–H groups in total. The Labute approximate surface area is 170 Å². The van der Waals surface area contributed by atoms with Gasteiger partial charge in [-0.25, -0.2) is 4.39 Å². The van der Waals surface area contributed by atoms with Crippen molar-refractivity contribution in [2.45, 2.75) is 44.2 Å². The molecule has 1 saturated heterocycles. The topological polar surface area (TPSA) is 70.2 Å². The molecule has 0 spiro atoms. The zero-order valence-electron chi connectivity index (χ0n) is 16.3. The normalized spacial score (nSPS) is 19.9. The van der Waals surface area contributed by atoms with Gasteiger partial charge in [0.15, 0.2) is 0 Å². The first-order chi connectivity index (χ1) is 14.0. The van der Waals surface area contributed by atoms with Crippen molar-refractivity contribution in [2.75, 3.05) is 0 Å². The Morgan fingerprint density at radius 1 is 1.10 bits per heavy atom. The van der Waals surface area contributed by atoms with Crippen LogP contribution in [-0.4, -0.2) is 17.9 Å². The van der Waals surface area contributed by atoms with E-state index in [9.17, 15) is 27.2 Å². The predicted octanol–water partition coefficient (Wildman–Crippen LogP) is 3.37. The fraction of sp³-hybridized carbons (Fsp3) is 0.333. The third-order valence-electron chi connectivity index (χ3n) is 4.94. The van der Waals surface area contributed by atoms with Gasteiger partial charge in [-0.2, -0.15) is 13.2 Å². The van der Waals surface area contributed by atoms with E-state index >= 15 is 0 Å². The Morgan fingerprint density at radius 3 is 2.37 bits per heavy atom. The molecule has 1 aliphatic rings. The lowest BCUT2D eigenvalue weighted by Gasteiger charge is -2.34. The van der Waals surface area contributed by atoms with Crippen LogP contribution in [0, 0.1) is 5.82 Å². The molecule has 1 fully saturated rings. The van der Waals surface area contributed by atoms with E-state index in [0.29, 0.717) is 6.07 Å². The zero-order valence-corrected chi connectivity index (χ0v) is 16.3. The second-order valence-corrected chi connectivity index (χ2v) is 7.64. The monoisotopic (exact) mass is 423 g/mol. The smallest absolute Gasteiger partial charge is 0.346 e. The second-order valence-electron chi connectivity index (χ2n) is 7.64. The van der Waals surface area contributed by atoms with Crippen molar-refractivity contribution >= 4 is 11.8 Å². The van der Waals surface area contributed by atoms with Crippen LogP contribution >= 0.6 is 0 Å². The molecule has 160 valence electrons. The summed E-state index contributed by atoms with van der Waals surface area (Å²) in [6.45, 7) is 3.09. The molecule has 30 heavy (non-hydrogen) atoms. The van der Waals surface area contributed by atoms with Gasteiger partial charge in [-0.1, -0.05) is 36.4 Å². The molecule has 1 heterocycles. The average molecular weight is 423 g/mol.